The third-order valence-corrected chi connectivity index (χ3v) is 8.32. The van der Waals surface area contributed by atoms with Gasteiger partial charge in [0, 0.05) is 61.3 Å². The Bertz CT molecular complexity index is 1590. The highest BCUT2D eigenvalue weighted by Gasteiger charge is 2.33. The maximum Gasteiger partial charge on any atom is 0.407 e. The number of anilines is 1. The summed E-state index contributed by atoms with van der Waals surface area (Å²) in [4.78, 5) is 32.5. The van der Waals surface area contributed by atoms with Gasteiger partial charge in [-0.15, -0.1) is 0 Å². The number of rotatable bonds is 6. The lowest BCUT2D eigenvalue weighted by molar-refractivity contribution is -0.146. The van der Waals surface area contributed by atoms with E-state index in [2.05, 4.69) is 14.5 Å². The average Bonchev–Trinajstić information content (AvgIpc) is 3.69. The summed E-state index contributed by atoms with van der Waals surface area (Å²) < 4.78 is 9.05. The minimum absolute atomic E-state index is 0.239. The largest absolute Gasteiger partial charge is 0.465 e. The summed E-state index contributed by atoms with van der Waals surface area (Å²) in [5, 5.41) is 15.5. The number of imidazole rings is 1. The number of amides is 1. The van der Waals surface area contributed by atoms with Crippen LogP contribution in [0.3, 0.4) is 0 Å². The molecule has 208 valence electrons. The van der Waals surface area contributed by atoms with Crippen LogP contribution in [0.1, 0.15) is 30.8 Å². The van der Waals surface area contributed by atoms with Crippen molar-refractivity contribution in [2.75, 3.05) is 37.7 Å². The predicted molar refractivity (Wildman–Crippen MR) is 152 cm³/mol. The Morgan fingerprint density at radius 2 is 1.85 bits per heavy atom. The van der Waals surface area contributed by atoms with Crippen molar-refractivity contribution in [3.63, 3.8) is 0 Å². The fourth-order valence-corrected chi connectivity index (χ4v) is 6.12. The highest BCUT2D eigenvalue weighted by atomic mass is 35.5. The molecule has 1 saturated heterocycles. The highest BCUT2D eigenvalue weighted by Crippen LogP contribution is 2.40. The molecule has 1 unspecified atom stereocenters. The van der Waals surface area contributed by atoms with Crippen LogP contribution in [-0.2, 0) is 22.5 Å². The van der Waals surface area contributed by atoms with Gasteiger partial charge in [-0.3, -0.25) is 4.68 Å². The van der Waals surface area contributed by atoms with Crippen molar-refractivity contribution >= 4 is 51.9 Å². The molecule has 10 nitrogen and oxygen atoms in total. The van der Waals surface area contributed by atoms with Gasteiger partial charge in [0.15, 0.2) is 6.04 Å². The number of benzene rings is 2. The van der Waals surface area contributed by atoms with Crippen molar-refractivity contribution in [2.45, 2.75) is 32.4 Å². The lowest BCUT2D eigenvalue weighted by Crippen LogP contribution is -2.48. The zero-order valence-electron chi connectivity index (χ0n) is 21.9. The SMILES string of the molecule is CCOC(=O)C(c1ncn2c1CCC2)n1cc2c(Cl)cc(-c3ccc(N4CCN(C(=O)O)CC4)cc3)c(Cl)c2n1. The van der Waals surface area contributed by atoms with Crippen molar-refractivity contribution < 1.29 is 19.4 Å². The Hall–Kier alpha value is -3.76. The number of fused-ring (bicyclic) bond motifs is 2. The molecule has 2 aromatic heterocycles. The maximum absolute atomic E-state index is 13.2. The molecule has 6 rings (SSSR count). The monoisotopic (exact) mass is 582 g/mol. The summed E-state index contributed by atoms with van der Waals surface area (Å²) in [6.07, 6.45) is 4.45. The highest BCUT2D eigenvalue weighted by molar-refractivity contribution is 6.42. The number of carbonyl (C=O) groups is 2. The van der Waals surface area contributed by atoms with Crippen LogP contribution in [0.4, 0.5) is 10.5 Å². The van der Waals surface area contributed by atoms with E-state index in [0.717, 1.165) is 41.9 Å². The van der Waals surface area contributed by atoms with Crippen molar-refractivity contribution in [3.8, 4) is 11.1 Å². The maximum atomic E-state index is 13.2. The fraction of sp³-hybridized carbons (Fsp3) is 0.357. The van der Waals surface area contributed by atoms with Gasteiger partial charge in [-0.2, -0.15) is 5.10 Å². The van der Waals surface area contributed by atoms with Crippen molar-refractivity contribution in [3.05, 3.63) is 64.3 Å². The van der Waals surface area contributed by atoms with E-state index in [1.807, 2.05) is 30.3 Å². The number of aromatic nitrogens is 4. The molecule has 4 heterocycles. The second-order valence-electron chi connectivity index (χ2n) is 9.92. The van der Waals surface area contributed by atoms with Gasteiger partial charge >= 0.3 is 12.1 Å². The lowest BCUT2D eigenvalue weighted by Gasteiger charge is -2.34. The summed E-state index contributed by atoms with van der Waals surface area (Å²) in [7, 11) is 0. The molecule has 2 aromatic carbocycles. The first kappa shape index (κ1) is 26.5. The van der Waals surface area contributed by atoms with Crippen molar-refractivity contribution in [2.24, 2.45) is 0 Å². The molecule has 12 heteroatoms. The average molecular weight is 583 g/mol. The van der Waals surface area contributed by atoms with E-state index < -0.39 is 18.1 Å². The van der Waals surface area contributed by atoms with Crippen molar-refractivity contribution in [1.29, 1.82) is 0 Å². The number of piperazine rings is 1. The van der Waals surface area contributed by atoms with Gasteiger partial charge in [0.25, 0.3) is 0 Å². The summed E-state index contributed by atoms with van der Waals surface area (Å²) in [5.41, 5.74) is 4.73. The Balaban J connectivity index is 1.33. The zero-order valence-corrected chi connectivity index (χ0v) is 23.4. The first-order valence-electron chi connectivity index (χ1n) is 13.3. The number of hydrogen-bond acceptors (Lipinski definition) is 6. The number of hydrogen-bond donors (Lipinski definition) is 1. The van der Waals surface area contributed by atoms with Gasteiger partial charge in [0.2, 0.25) is 0 Å². The number of aryl methyl sites for hydroxylation is 1. The number of carbonyl (C=O) groups excluding carboxylic acids is 1. The standard InChI is InChI=1S/C28H28Cl2N6O4/c1-2-40-27(37)26(25-22-4-3-9-35(22)16-31-25)36-15-20-21(29)14-19(23(30)24(20)32-36)17-5-7-18(8-6-17)33-10-12-34(13-11-33)28(38)39/h5-8,14-16,26H,2-4,9-13H2,1H3,(H,38,39). The molecule has 2 aliphatic rings. The van der Waals surface area contributed by atoms with Crippen LogP contribution in [0.5, 0.6) is 0 Å². The molecule has 0 bridgehead atoms. The molecule has 1 atom stereocenters. The van der Waals surface area contributed by atoms with E-state index in [9.17, 15) is 14.7 Å². The van der Waals surface area contributed by atoms with Crippen LogP contribution in [0.15, 0.2) is 42.9 Å². The normalized spacial score (nSPS) is 15.9. The van der Waals surface area contributed by atoms with E-state index in [-0.39, 0.29) is 6.61 Å². The van der Waals surface area contributed by atoms with Crippen LogP contribution in [0, 0.1) is 0 Å². The fourth-order valence-electron chi connectivity index (χ4n) is 5.57. The topological polar surface area (TPSA) is 106 Å². The minimum Gasteiger partial charge on any atom is -0.465 e. The van der Waals surface area contributed by atoms with Gasteiger partial charge in [0.1, 0.15) is 5.52 Å². The summed E-state index contributed by atoms with van der Waals surface area (Å²) >= 11 is 13.7. The van der Waals surface area contributed by atoms with Gasteiger partial charge in [-0.1, -0.05) is 35.3 Å². The summed E-state index contributed by atoms with van der Waals surface area (Å²) in [6, 6.07) is 8.89. The Labute approximate surface area is 240 Å². The van der Waals surface area contributed by atoms with Crippen LogP contribution < -0.4 is 4.90 Å². The molecule has 0 saturated carbocycles. The van der Waals surface area contributed by atoms with Crippen LogP contribution >= 0.6 is 23.2 Å². The molecule has 0 spiro atoms. The number of carboxylic acid groups (broad SMARTS) is 1. The third-order valence-electron chi connectivity index (χ3n) is 7.62. The summed E-state index contributed by atoms with van der Waals surface area (Å²) in [5.74, 6) is -0.434. The van der Waals surface area contributed by atoms with Crippen LogP contribution in [0.25, 0.3) is 22.0 Å². The molecule has 1 amide bonds. The second kappa shape index (κ2) is 10.7. The van der Waals surface area contributed by atoms with Crippen LogP contribution in [-0.4, -0.2) is 74.2 Å². The van der Waals surface area contributed by atoms with Gasteiger partial charge in [0.05, 0.1) is 28.7 Å². The van der Waals surface area contributed by atoms with Gasteiger partial charge in [-0.05, 0) is 43.5 Å². The number of halogens is 2. The summed E-state index contributed by atoms with van der Waals surface area (Å²) in [6.45, 7) is 5.07. The third kappa shape index (κ3) is 4.65. The molecule has 0 aliphatic carbocycles. The lowest BCUT2D eigenvalue weighted by atomic mass is 10.0. The second-order valence-corrected chi connectivity index (χ2v) is 10.7. The quantitative estimate of drug-likeness (QED) is 0.315. The predicted octanol–water partition coefficient (Wildman–Crippen LogP) is 5.11. The Morgan fingerprint density at radius 1 is 1.10 bits per heavy atom. The Morgan fingerprint density at radius 3 is 2.55 bits per heavy atom. The van der Waals surface area contributed by atoms with E-state index >= 15 is 0 Å². The molecule has 40 heavy (non-hydrogen) atoms. The van der Waals surface area contributed by atoms with E-state index in [1.165, 1.54) is 4.90 Å². The minimum atomic E-state index is -0.887. The van der Waals surface area contributed by atoms with Crippen LogP contribution in [0.2, 0.25) is 10.0 Å². The van der Waals surface area contributed by atoms with Crippen molar-refractivity contribution in [1.82, 2.24) is 24.2 Å². The molecular formula is C28H28Cl2N6O4. The molecular weight excluding hydrogens is 555 g/mol. The van der Waals surface area contributed by atoms with E-state index in [1.54, 1.807) is 24.1 Å². The molecule has 4 aromatic rings. The van der Waals surface area contributed by atoms with Gasteiger partial charge in [-0.25, -0.2) is 14.6 Å². The zero-order chi connectivity index (χ0) is 28.0. The molecule has 1 N–H and O–H groups in total. The van der Waals surface area contributed by atoms with E-state index in [0.29, 0.717) is 52.8 Å². The smallest absolute Gasteiger partial charge is 0.407 e. The first-order chi connectivity index (χ1) is 19.4. The van der Waals surface area contributed by atoms with E-state index in [4.69, 9.17) is 33.0 Å². The molecule has 0 radical (unpaired) electrons. The number of ether oxygens (including phenoxy) is 1. The number of nitrogens with zero attached hydrogens (tertiary/aromatic N) is 6. The number of esters is 1. The molecule has 2 aliphatic heterocycles. The first-order valence-corrected chi connectivity index (χ1v) is 14.0. The Kier molecular flexibility index (Phi) is 7.06. The van der Waals surface area contributed by atoms with Gasteiger partial charge < -0.3 is 24.2 Å². The molecule has 1 fully saturated rings.